The molecule has 2 aromatic carbocycles. The predicted molar refractivity (Wildman–Crippen MR) is 125 cm³/mol. The topological polar surface area (TPSA) is 98.2 Å². The molecule has 0 N–H and O–H groups in total. The van der Waals surface area contributed by atoms with Gasteiger partial charge in [-0.2, -0.15) is 10.2 Å². The second kappa shape index (κ2) is 11.3. The van der Waals surface area contributed by atoms with Crippen LogP contribution in [-0.2, 0) is 22.4 Å². The van der Waals surface area contributed by atoms with Crippen LogP contribution in [-0.4, -0.2) is 28.8 Å². The van der Waals surface area contributed by atoms with Gasteiger partial charge in [-0.1, -0.05) is 30.3 Å². The third kappa shape index (κ3) is 5.98. The van der Waals surface area contributed by atoms with Gasteiger partial charge in [0.25, 0.3) is 5.89 Å². The summed E-state index contributed by atoms with van der Waals surface area (Å²) in [6, 6.07) is 13.4. The van der Waals surface area contributed by atoms with Gasteiger partial charge in [0.05, 0.1) is 18.3 Å². The zero-order valence-electron chi connectivity index (χ0n) is 19.6. The smallest absolute Gasteiger partial charge is 0.305 e. The highest BCUT2D eigenvalue weighted by molar-refractivity contribution is 5.69. The van der Waals surface area contributed by atoms with Crippen LogP contribution in [0.4, 0.5) is 0 Å². The van der Waals surface area contributed by atoms with Crippen molar-refractivity contribution >= 4 is 5.97 Å². The highest BCUT2D eigenvalue weighted by atomic mass is 16.5. The summed E-state index contributed by atoms with van der Waals surface area (Å²) in [6.07, 6.45) is 2.65. The highest BCUT2D eigenvalue weighted by Gasteiger charge is 2.17. The lowest BCUT2D eigenvalue weighted by Gasteiger charge is -2.11. The molecule has 7 nitrogen and oxygen atoms in total. The lowest BCUT2D eigenvalue weighted by atomic mass is 9.95. The lowest BCUT2D eigenvalue weighted by molar-refractivity contribution is -0.143. The van der Waals surface area contributed by atoms with Crippen molar-refractivity contribution in [3.05, 3.63) is 53.1 Å². The number of carbonyl (C=O) groups excluding carboxylic acids is 1. The molecule has 0 saturated heterocycles. The number of esters is 1. The first kappa shape index (κ1) is 24.0. The monoisotopic (exact) mass is 447 g/mol. The van der Waals surface area contributed by atoms with Gasteiger partial charge in [-0.05, 0) is 69.4 Å². The van der Waals surface area contributed by atoms with E-state index in [0.717, 1.165) is 29.5 Å². The van der Waals surface area contributed by atoms with Crippen LogP contribution < -0.4 is 4.74 Å². The zero-order valence-corrected chi connectivity index (χ0v) is 19.6. The minimum absolute atomic E-state index is 0.0324. The Kier molecular flexibility index (Phi) is 8.20. The van der Waals surface area contributed by atoms with Gasteiger partial charge in [0, 0.05) is 17.5 Å². The molecule has 1 heterocycles. The van der Waals surface area contributed by atoms with Gasteiger partial charge in [0.1, 0.15) is 11.8 Å². The van der Waals surface area contributed by atoms with Crippen LogP contribution in [0, 0.1) is 11.3 Å². The fraction of sp³-hybridized carbons (Fsp3) is 0.385. The molecule has 0 aliphatic heterocycles. The Hall–Kier alpha value is -3.66. The van der Waals surface area contributed by atoms with Gasteiger partial charge in [0.15, 0.2) is 0 Å². The molecule has 0 amide bonds. The Morgan fingerprint density at radius 3 is 2.73 bits per heavy atom. The van der Waals surface area contributed by atoms with Gasteiger partial charge in [-0.15, -0.1) is 0 Å². The van der Waals surface area contributed by atoms with Crippen molar-refractivity contribution in [2.45, 2.75) is 59.5 Å². The Bertz CT molecular complexity index is 1140. The van der Waals surface area contributed by atoms with E-state index in [4.69, 9.17) is 14.0 Å². The number of hydrogen-bond donors (Lipinski definition) is 0. The largest absolute Gasteiger partial charge is 0.490 e. The van der Waals surface area contributed by atoms with Crippen molar-refractivity contribution in [1.82, 2.24) is 10.1 Å². The third-order valence-electron chi connectivity index (χ3n) is 5.14. The molecule has 0 saturated carbocycles. The molecule has 1 aromatic heterocycles. The van der Waals surface area contributed by atoms with E-state index in [1.165, 1.54) is 0 Å². The average Bonchev–Trinajstić information content (AvgIpc) is 3.29. The number of carbonyl (C=O) groups is 1. The van der Waals surface area contributed by atoms with Gasteiger partial charge in [-0.25, -0.2) is 0 Å². The summed E-state index contributed by atoms with van der Waals surface area (Å²) in [4.78, 5) is 16.2. The molecule has 33 heavy (non-hydrogen) atoms. The maximum Gasteiger partial charge on any atom is 0.305 e. The fourth-order valence-electron chi connectivity index (χ4n) is 3.71. The van der Waals surface area contributed by atoms with E-state index in [1.807, 2.05) is 39.0 Å². The molecule has 7 heteroatoms. The Balaban J connectivity index is 1.84. The van der Waals surface area contributed by atoms with Gasteiger partial charge in [-0.3, -0.25) is 4.79 Å². The Morgan fingerprint density at radius 1 is 1.21 bits per heavy atom. The van der Waals surface area contributed by atoms with Crippen LogP contribution in [0.5, 0.6) is 5.75 Å². The predicted octanol–water partition coefficient (Wildman–Crippen LogP) is 5.51. The molecule has 3 aromatic rings. The first-order chi connectivity index (χ1) is 16.0. The minimum atomic E-state index is -0.170. The van der Waals surface area contributed by atoms with Crippen molar-refractivity contribution in [3.8, 4) is 34.7 Å². The van der Waals surface area contributed by atoms with E-state index < -0.39 is 0 Å². The molecule has 0 atom stereocenters. The van der Waals surface area contributed by atoms with E-state index in [-0.39, 0.29) is 12.1 Å². The van der Waals surface area contributed by atoms with E-state index in [2.05, 4.69) is 29.2 Å². The summed E-state index contributed by atoms with van der Waals surface area (Å²) < 4.78 is 16.2. The van der Waals surface area contributed by atoms with Crippen LogP contribution in [0.2, 0.25) is 0 Å². The normalized spacial score (nSPS) is 10.8. The third-order valence-corrected chi connectivity index (χ3v) is 5.14. The lowest BCUT2D eigenvalue weighted by Crippen LogP contribution is -2.06. The number of hydrogen-bond acceptors (Lipinski definition) is 7. The maximum atomic E-state index is 11.7. The summed E-state index contributed by atoms with van der Waals surface area (Å²) in [5.74, 6) is 1.19. The van der Waals surface area contributed by atoms with E-state index in [0.29, 0.717) is 48.0 Å². The quantitative estimate of drug-likeness (QED) is 0.378. The SMILES string of the molecule is CCOC(=O)CCCc1cccc(-c2noc(-c3ccc(OC(C)C)c(C#N)c3)n2)c1CC. The van der Waals surface area contributed by atoms with Crippen LogP contribution in [0.25, 0.3) is 22.8 Å². The van der Waals surface area contributed by atoms with E-state index in [1.54, 1.807) is 12.1 Å². The van der Waals surface area contributed by atoms with Crippen molar-refractivity contribution in [2.75, 3.05) is 6.61 Å². The van der Waals surface area contributed by atoms with Gasteiger partial charge >= 0.3 is 5.97 Å². The van der Waals surface area contributed by atoms with Crippen molar-refractivity contribution in [2.24, 2.45) is 0 Å². The Morgan fingerprint density at radius 2 is 2.03 bits per heavy atom. The van der Waals surface area contributed by atoms with E-state index >= 15 is 0 Å². The zero-order chi connectivity index (χ0) is 23.8. The number of aromatic nitrogens is 2. The standard InChI is InChI=1S/C26H29N3O4/c1-5-21-18(10-8-12-24(30)31-6-2)9-7-11-22(21)25-28-26(33-29-25)19-13-14-23(32-17(3)4)20(15-19)16-27/h7,9,11,13-15,17H,5-6,8,10,12H2,1-4H3. The number of nitriles is 1. The molecule has 0 fully saturated rings. The first-order valence-electron chi connectivity index (χ1n) is 11.3. The molecular formula is C26H29N3O4. The summed E-state index contributed by atoms with van der Waals surface area (Å²) in [6.45, 7) is 8.12. The van der Waals surface area contributed by atoms with Crippen LogP contribution in [0.1, 0.15) is 57.2 Å². The second-order valence-electron chi connectivity index (χ2n) is 7.87. The summed E-state index contributed by atoms with van der Waals surface area (Å²) >= 11 is 0. The van der Waals surface area contributed by atoms with Crippen molar-refractivity contribution in [1.29, 1.82) is 5.26 Å². The molecule has 0 unspecified atom stereocenters. The maximum absolute atomic E-state index is 11.7. The molecule has 172 valence electrons. The van der Waals surface area contributed by atoms with Crippen molar-refractivity contribution < 1.29 is 18.8 Å². The molecule has 0 radical (unpaired) electrons. The molecule has 0 spiro atoms. The minimum Gasteiger partial charge on any atom is -0.490 e. The number of ether oxygens (including phenoxy) is 2. The van der Waals surface area contributed by atoms with Gasteiger partial charge in [0.2, 0.25) is 5.82 Å². The molecule has 0 aliphatic rings. The summed E-state index contributed by atoms with van der Waals surface area (Å²) in [5.41, 5.74) is 4.27. The van der Waals surface area contributed by atoms with Crippen molar-refractivity contribution in [3.63, 3.8) is 0 Å². The average molecular weight is 448 g/mol. The van der Waals surface area contributed by atoms with E-state index in [9.17, 15) is 10.1 Å². The van der Waals surface area contributed by atoms with Crippen LogP contribution >= 0.6 is 0 Å². The highest BCUT2D eigenvalue weighted by Crippen LogP contribution is 2.30. The molecule has 3 rings (SSSR count). The summed E-state index contributed by atoms with van der Waals surface area (Å²) in [7, 11) is 0. The number of aryl methyl sites for hydroxylation is 1. The number of nitrogens with zero attached hydrogens (tertiary/aromatic N) is 3. The van der Waals surface area contributed by atoms with Crippen LogP contribution in [0.15, 0.2) is 40.9 Å². The molecular weight excluding hydrogens is 418 g/mol. The Labute approximate surface area is 194 Å². The number of benzene rings is 2. The molecule has 0 aliphatic carbocycles. The summed E-state index contributed by atoms with van der Waals surface area (Å²) in [5, 5.41) is 13.7. The fourth-order valence-corrected chi connectivity index (χ4v) is 3.71. The number of rotatable bonds is 10. The second-order valence-corrected chi connectivity index (χ2v) is 7.87. The molecule has 0 bridgehead atoms. The van der Waals surface area contributed by atoms with Crippen LogP contribution in [0.3, 0.4) is 0 Å². The first-order valence-corrected chi connectivity index (χ1v) is 11.3. The van der Waals surface area contributed by atoms with Gasteiger partial charge < -0.3 is 14.0 Å².